The molecule has 0 bridgehead atoms. The van der Waals surface area contributed by atoms with Crippen molar-refractivity contribution < 1.29 is 9.53 Å². The van der Waals surface area contributed by atoms with Crippen molar-refractivity contribution in [2.24, 2.45) is 5.92 Å². The average Bonchev–Trinajstić information content (AvgIpc) is 2.45. The van der Waals surface area contributed by atoms with E-state index in [9.17, 15) is 4.79 Å². The predicted octanol–water partition coefficient (Wildman–Crippen LogP) is 2.19. The van der Waals surface area contributed by atoms with E-state index >= 15 is 0 Å². The Hall–Kier alpha value is -1.55. The van der Waals surface area contributed by atoms with Crippen LogP contribution in [0.25, 0.3) is 0 Å². The normalized spacial score (nSPS) is 18.9. The SMILES string of the molecule is CNc1cc(C)ccc1C(=O)NCC1CCCOC1. The molecule has 0 aliphatic carbocycles. The lowest BCUT2D eigenvalue weighted by molar-refractivity contribution is 0.0536. The molecule has 1 atom stereocenters. The summed E-state index contributed by atoms with van der Waals surface area (Å²) in [6, 6.07) is 5.81. The number of rotatable bonds is 4. The smallest absolute Gasteiger partial charge is 0.253 e. The molecule has 1 aliphatic rings. The van der Waals surface area contributed by atoms with Crippen LogP contribution in [-0.4, -0.2) is 32.7 Å². The highest BCUT2D eigenvalue weighted by Gasteiger charge is 2.16. The maximum absolute atomic E-state index is 12.2. The van der Waals surface area contributed by atoms with E-state index in [2.05, 4.69) is 10.6 Å². The fraction of sp³-hybridized carbons (Fsp3) is 0.533. The number of carbonyl (C=O) groups is 1. The molecule has 4 heteroatoms. The molecule has 2 N–H and O–H groups in total. The minimum atomic E-state index is -0.0186. The molecule has 0 spiro atoms. The number of hydrogen-bond donors (Lipinski definition) is 2. The van der Waals surface area contributed by atoms with E-state index in [-0.39, 0.29) is 5.91 Å². The van der Waals surface area contributed by atoms with Crippen molar-refractivity contribution in [1.82, 2.24) is 5.32 Å². The summed E-state index contributed by atoms with van der Waals surface area (Å²) >= 11 is 0. The van der Waals surface area contributed by atoms with E-state index in [1.54, 1.807) is 0 Å². The van der Waals surface area contributed by atoms with Crippen molar-refractivity contribution in [2.75, 3.05) is 32.1 Å². The zero-order chi connectivity index (χ0) is 13.7. The van der Waals surface area contributed by atoms with Gasteiger partial charge in [-0.15, -0.1) is 0 Å². The molecular formula is C15H22N2O2. The maximum Gasteiger partial charge on any atom is 0.253 e. The van der Waals surface area contributed by atoms with Gasteiger partial charge >= 0.3 is 0 Å². The van der Waals surface area contributed by atoms with Gasteiger partial charge in [-0.3, -0.25) is 4.79 Å². The molecule has 0 radical (unpaired) electrons. The summed E-state index contributed by atoms with van der Waals surface area (Å²) in [6.07, 6.45) is 2.22. The molecule has 1 heterocycles. The predicted molar refractivity (Wildman–Crippen MR) is 76.6 cm³/mol. The van der Waals surface area contributed by atoms with Gasteiger partial charge in [0.25, 0.3) is 5.91 Å². The largest absolute Gasteiger partial charge is 0.387 e. The van der Waals surface area contributed by atoms with Gasteiger partial charge in [0.1, 0.15) is 0 Å². The molecule has 1 aromatic carbocycles. The zero-order valence-electron chi connectivity index (χ0n) is 11.7. The lowest BCUT2D eigenvalue weighted by Gasteiger charge is -2.22. The minimum Gasteiger partial charge on any atom is -0.387 e. The Kier molecular flexibility index (Phi) is 4.80. The molecule has 1 unspecified atom stereocenters. The van der Waals surface area contributed by atoms with Crippen LogP contribution in [-0.2, 0) is 4.74 Å². The summed E-state index contributed by atoms with van der Waals surface area (Å²) in [5, 5.41) is 6.07. The molecule has 4 nitrogen and oxygen atoms in total. The second-order valence-electron chi connectivity index (χ2n) is 5.09. The summed E-state index contributed by atoms with van der Waals surface area (Å²) in [5.74, 6) is 0.427. The highest BCUT2D eigenvalue weighted by atomic mass is 16.5. The second-order valence-corrected chi connectivity index (χ2v) is 5.09. The molecule has 1 aliphatic heterocycles. The first-order valence-electron chi connectivity index (χ1n) is 6.85. The number of ether oxygens (including phenoxy) is 1. The molecule has 0 saturated carbocycles. The van der Waals surface area contributed by atoms with Gasteiger partial charge in [-0.1, -0.05) is 6.07 Å². The quantitative estimate of drug-likeness (QED) is 0.874. The van der Waals surface area contributed by atoms with Crippen molar-refractivity contribution in [2.45, 2.75) is 19.8 Å². The van der Waals surface area contributed by atoms with Crippen LogP contribution in [0.2, 0.25) is 0 Å². The molecule has 1 amide bonds. The number of carbonyl (C=O) groups excluding carboxylic acids is 1. The first-order chi connectivity index (χ1) is 9.20. The van der Waals surface area contributed by atoms with Crippen LogP contribution < -0.4 is 10.6 Å². The van der Waals surface area contributed by atoms with Gasteiger partial charge in [0, 0.05) is 25.9 Å². The lowest BCUT2D eigenvalue weighted by Crippen LogP contribution is -2.33. The van der Waals surface area contributed by atoms with Gasteiger partial charge in [-0.05, 0) is 43.4 Å². The van der Waals surface area contributed by atoms with Gasteiger partial charge in [0.2, 0.25) is 0 Å². The van der Waals surface area contributed by atoms with E-state index in [4.69, 9.17) is 4.74 Å². The van der Waals surface area contributed by atoms with Crippen LogP contribution in [0.5, 0.6) is 0 Å². The van der Waals surface area contributed by atoms with E-state index in [1.807, 2.05) is 32.2 Å². The summed E-state index contributed by atoms with van der Waals surface area (Å²) in [6.45, 7) is 4.32. The van der Waals surface area contributed by atoms with Gasteiger partial charge in [-0.25, -0.2) is 0 Å². The van der Waals surface area contributed by atoms with Crippen LogP contribution in [0, 0.1) is 12.8 Å². The third kappa shape index (κ3) is 3.70. The average molecular weight is 262 g/mol. The van der Waals surface area contributed by atoms with Crippen LogP contribution in [0.3, 0.4) is 0 Å². The zero-order valence-corrected chi connectivity index (χ0v) is 11.7. The van der Waals surface area contributed by atoms with E-state index in [1.165, 1.54) is 0 Å². The molecule has 1 fully saturated rings. The molecule has 1 aromatic rings. The van der Waals surface area contributed by atoms with E-state index in [0.717, 1.165) is 37.3 Å². The Labute approximate surface area is 114 Å². The topological polar surface area (TPSA) is 50.4 Å². The van der Waals surface area contributed by atoms with Crippen molar-refractivity contribution in [3.63, 3.8) is 0 Å². The molecular weight excluding hydrogens is 240 g/mol. The lowest BCUT2D eigenvalue weighted by atomic mass is 10.0. The van der Waals surface area contributed by atoms with Crippen molar-refractivity contribution >= 4 is 11.6 Å². The Morgan fingerprint density at radius 2 is 2.32 bits per heavy atom. The van der Waals surface area contributed by atoms with Crippen molar-refractivity contribution in [3.8, 4) is 0 Å². The van der Waals surface area contributed by atoms with Gasteiger partial charge in [-0.2, -0.15) is 0 Å². The second kappa shape index (κ2) is 6.57. The minimum absolute atomic E-state index is 0.0186. The van der Waals surface area contributed by atoms with E-state index < -0.39 is 0 Å². The standard InChI is InChI=1S/C15H22N2O2/c1-11-5-6-13(14(8-11)16-2)15(18)17-9-12-4-3-7-19-10-12/h5-6,8,12,16H,3-4,7,9-10H2,1-2H3,(H,17,18). The fourth-order valence-corrected chi connectivity index (χ4v) is 2.36. The number of anilines is 1. The fourth-order valence-electron chi connectivity index (χ4n) is 2.36. The third-order valence-electron chi connectivity index (χ3n) is 3.49. The van der Waals surface area contributed by atoms with Crippen molar-refractivity contribution in [1.29, 1.82) is 0 Å². The van der Waals surface area contributed by atoms with E-state index in [0.29, 0.717) is 18.0 Å². The number of hydrogen-bond acceptors (Lipinski definition) is 3. The first kappa shape index (κ1) is 13.9. The third-order valence-corrected chi connectivity index (χ3v) is 3.49. The number of benzene rings is 1. The summed E-state index contributed by atoms with van der Waals surface area (Å²) < 4.78 is 5.42. The Morgan fingerprint density at radius 1 is 1.47 bits per heavy atom. The molecule has 2 rings (SSSR count). The highest BCUT2D eigenvalue weighted by Crippen LogP contribution is 2.17. The molecule has 104 valence electrons. The molecule has 19 heavy (non-hydrogen) atoms. The monoisotopic (exact) mass is 262 g/mol. The number of amides is 1. The highest BCUT2D eigenvalue weighted by molar-refractivity contribution is 5.99. The van der Waals surface area contributed by atoms with Crippen LogP contribution in [0.15, 0.2) is 18.2 Å². The van der Waals surface area contributed by atoms with Crippen LogP contribution in [0.1, 0.15) is 28.8 Å². The van der Waals surface area contributed by atoms with Crippen LogP contribution in [0.4, 0.5) is 5.69 Å². The van der Waals surface area contributed by atoms with Crippen molar-refractivity contribution in [3.05, 3.63) is 29.3 Å². The number of aryl methyl sites for hydroxylation is 1. The summed E-state index contributed by atoms with van der Waals surface area (Å²) in [5.41, 5.74) is 2.71. The summed E-state index contributed by atoms with van der Waals surface area (Å²) in [4.78, 5) is 12.2. The van der Waals surface area contributed by atoms with Crippen LogP contribution >= 0.6 is 0 Å². The first-order valence-corrected chi connectivity index (χ1v) is 6.85. The Morgan fingerprint density at radius 3 is 3.00 bits per heavy atom. The maximum atomic E-state index is 12.2. The molecule has 1 saturated heterocycles. The number of nitrogens with one attached hydrogen (secondary N) is 2. The summed E-state index contributed by atoms with van der Waals surface area (Å²) in [7, 11) is 1.83. The van der Waals surface area contributed by atoms with Gasteiger partial charge < -0.3 is 15.4 Å². The Bertz CT molecular complexity index is 440. The van der Waals surface area contributed by atoms with Gasteiger partial charge in [0.05, 0.1) is 12.2 Å². The Balaban J connectivity index is 1.95. The molecule has 0 aromatic heterocycles. The van der Waals surface area contributed by atoms with Gasteiger partial charge in [0.15, 0.2) is 0 Å².